The number of carbonyl (C=O) groups excluding carboxylic acids is 1. The molecule has 0 radical (unpaired) electrons. The number of carboxylic acid groups (broad SMARTS) is 1. The summed E-state index contributed by atoms with van der Waals surface area (Å²) in [6.45, 7) is 3.71. The van der Waals surface area contributed by atoms with Crippen molar-refractivity contribution in [3.63, 3.8) is 0 Å². The fourth-order valence-corrected chi connectivity index (χ4v) is 4.77. The van der Waals surface area contributed by atoms with E-state index in [9.17, 15) is 14.7 Å². The van der Waals surface area contributed by atoms with Crippen molar-refractivity contribution in [2.45, 2.75) is 26.3 Å². The van der Waals surface area contributed by atoms with Crippen LogP contribution in [0.1, 0.15) is 24.7 Å². The van der Waals surface area contributed by atoms with Crippen LogP contribution in [-0.2, 0) is 9.59 Å². The molecule has 140 valence electrons. The number of halogens is 1. The number of hydrogen-bond acceptors (Lipinski definition) is 5. The lowest BCUT2D eigenvalue weighted by atomic mass is 10.1. The average Bonchev–Trinajstić information content (AvgIpc) is 3.15. The molecule has 1 atom stereocenters. The molecule has 1 saturated heterocycles. The van der Waals surface area contributed by atoms with Gasteiger partial charge in [0.1, 0.15) is 21.9 Å². The van der Waals surface area contributed by atoms with E-state index in [0.29, 0.717) is 16.4 Å². The highest BCUT2D eigenvalue weighted by atomic mass is 79.9. The summed E-state index contributed by atoms with van der Waals surface area (Å²) in [6, 6.07) is 8.58. The van der Waals surface area contributed by atoms with Gasteiger partial charge in [-0.05, 0) is 43.2 Å². The molecule has 1 fully saturated rings. The lowest BCUT2D eigenvalue weighted by Gasteiger charge is -2.21. The zero-order chi connectivity index (χ0) is 19.7. The van der Waals surface area contributed by atoms with Crippen LogP contribution >= 0.6 is 39.9 Å². The van der Waals surface area contributed by atoms with E-state index < -0.39 is 17.9 Å². The average molecular weight is 466 g/mol. The highest BCUT2D eigenvalue weighted by molar-refractivity contribution is 9.10. The number of carboxylic acids is 1. The van der Waals surface area contributed by atoms with Crippen LogP contribution in [0.3, 0.4) is 0 Å². The Hall–Kier alpha value is -1.90. The number of thioether (sulfide) groups is 1. The van der Waals surface area contributed by atoms with Crippen molar-refractivity contribution in [2.24, 2.45) is 0 Å². The first-order valence-electron chi connectivity index (χ1n) is 8.18. The van der Waals surface area contributed by atoms with Crippen LogP contribution in [0, 0.1) is 6.92 Å². The molecular weight excluding hydrogens is 450 g/mol. The van der Waals surface area contributed by atoms with E-state index >= 15 is 0 Å². The highest BCUT2D eigenvalue weighted by Crippen LogP contribution is 2.36. The Morgan fingerprint density at radius 2 is 2.15 bits per heavy atom. The van der Waals surface area contributed by atoms with Crippen LogP contribution in [0.15, 0.2) is 44.1 Å². The molecule has 1 amide bonds. The summed E-state index contributed by atoms with van der Waals surface area (Å²) in [4.78, 5) is 25.5. The number of rotatable bonds is 5. The Labute approximate surface area is 174 Å². The third-order valence-electron chi connectivity index (χ3n) is 4.10. The van der Waals surface area contributed by atoms with E-state index in [1.54, 1.807) is 19.1 Å². The molecule has 8 heteroatoms. The zero-order valence-electron chi connectivity index (χ0n) is 14.6. The quantitative estimate of drug-likeness (QED) is 0.490. The number of hydrogen-bond donors (Lipinski definition) is 1. The third-order valence-corrected chi connectivity index (χ3v) is 6.08. The van der Waals surface area contributed by atoms with E-state index in [1.165, 1.54) is 0 Å². The lowest BCUT2D eigenvalue weighted by molar-refractivity contribution is -0.145. The fourth-order valence-electron chi connectivity index (χ4n) is 2.74. The zero-order valence-corrected chi connectivity index (χ0v) is 17.8. The SMILES string of the molecule is CC[C@H](C(=O)O)N1C(=O)/C(=C\c2ccc(-c3ccc(C)cc3Br)o2)SC1=S. The second-order valence-electron chi connectivity index (χ2n) is 6.00. The van der Waals surface area contributed by atoms with Crippen LogP contribution in [-0.4, -0.2) is 32.2 Å². The molecule has 27 heavy (non-hydrogen) atoms. The maximum Gasteiger partial charge on any atom is 0.326 e. The molecule has 5 nitrogen and oxygen atoms in total. The van der Waals surface area contributed by atoms with E-state index in [-0.39, 0.29) is 10.7 Å². The Morgan fingerprint density at radius 3 is 2.78 bits per heavy atom. The van der Waals surface area contributed by atoms with Crippen molar-refractivity contribution in [2.75, 3.05) is 0 Å². The van der Waals surface area contributed by atoms with Gasteiger partial charge in [-0.2, -0.15) is 0 Å². The summed E-state index contributed by atoms with van der Waals surface area (Å²) in [5.41, 5.74) is 2.04. The summed E-state index contributed by atoms with van der Waals surface area (Å²) in [6.07, 6.45) is 1.88. The summed E-state index contributed by atoms with van der Waals surface area (Å²) in [7, 11) is 0. The molecule has 0 spiro atoms. The maximum absolute atomic E-state index is 12.6. The van der Waals surface area contributed by atoms with Gasteiger partial charge in [0.2, 0.25) is 0 Å². The van der Waals surface area contributed by atoms with E-state index in [4.69, 9.17) is 16.6 Å². The Kier molecular flexibility index (Phi) is 5.88. The fraction of sp³-hybridized carbons (Fsp3) is 0.211. The predicted octanol–water partition coefficient (Wildman–Crippen LogP) is 5.08. The number of amides is 1. The summed E-state index contributed by atoms with van der Waals surface area (Å²) in [5.74, 6) is -0.310. The van der Waals surface area contributed by atoms with Gasteiger partial charge in [0, 0.05) is 16.1 Å². The smallest absolute Gasteiger partial charge is 0.326 e. The van der Waals surface area contributed by atoms with E-state index in [0.717, 1.165) is 32.3 Å². The number of carbonyl (C=O) groups is 2. The van der Waals surface area contributed by atoms with Crippen LogP contribution in [0.25, 0.3) is 17.4 Å². The number of thiocarbonyl (C=S) groups is 1. The minimum absolute atomic E-state index is 0.244. The molecule has 3 rings (SSSR count). The molecule has 1 aromatic heterocycles. The van der Waals surface area contributed by atoms with E-state index in [2.05, 4.69) is 15.9 Å². The van der Waals surface area contributed by atoms with Gasteiger partial charge < -0.3 is 9.52 Å². The van der Waals surface area contributed by atoms with Crippen LogP contribution in [0.5, 0.6) is 0 Å². The van der Waals surface area contributed by atoms with E-state index in [1.807, 2.05) is 31.2 Å². The largest absolute Gasteiger partial charge is 0.480 e. The standard InChI is InChI=1S/C19H16BrNO4S2/c1-3-14(18(23)24)21-17(22)16(27-19(21)26)9-11-5-7-15(25-11)12-6-4-10(2)8-13(12)20/h4-9,14H,3H2,1-2H3,(H,23,24)/b16-9+/t14-/m1/s1. The van der Waals surface area contributed by atoms with Gasteiger partial charge in [0.25, 0.3) is 5.91 Å². The summed E-state index contributed by atoms with van der Waals surface area (Å²) < 4.78 is 7.02. The van der Waals surface area contributed by atoms with Gasteiger partial charge in [-0.15, -0.1) is 0 Å². The topological polar surface area (TPSA) is 70.8 Å². The molecule has 1 aromatic carbocycles. The summed E-state index contributed by atoms with van der Waals surface area (Å²) >= 11 is 9.83. The molecule has 0 saturated carbocycles. The van der Waals surface area contributed by atoms with Gasteiger partial charge in [0.05, 0.1) is 4.91 Å². The molecule has 1 aliphatic rings. The molecule has 2 heterocycles. The molecular formula is C19H16BrNO4S2. The molecule has 1 N–H and O–H groups in total. The Balaban J connectivity index is 1.88. The van der Waals surface area contributed by atoms with Crippen LogP contribution in [0.4, 0.5) is 0 Å². The maximum atomic E-state index is 12.6. The first-order chi connectivity index (χ1) is 12.8. The van der Waals surface area contributed by atoms with Crippen molar-refractivity contribution < 1.29 is 19.1 Å². The number of nitrogens with zero attached hydrogens (tertiary/aromatic N) is 1. The van der Waals surface area contributed by atoms with Crippen LogP contribution < -0.4 is 0 Å². The summed E-state index contributed by atoms with van der Waals surface area (Å²) in [5, 5.41) is 9.31. The van der Waals surface area contributed by atoms with Crippen molar-refractivity contribution >= 4 is 62.2 Å². The number of aryl methyl sites for hydroxylation is 1. The number of aliphatic carboxylic acids is 1. The second kappa shape index (κ2) is 8.00. The Bertz CT molecular complexity index is 966. The van der Waals surface area contributed by atoms with Gasteiger partial charge in [-0.1, -0.05) is 52.9 Å². The molecule has 1 aliphatic heterocycles. The molecule has 0 aliphatic carbocycles. The molecule has 2 aromatic rings. The molecule has 0 bridgehead atoms. The normalized spacial score (nSPS) is 17.0. The van der Waals surface area contributed by atoms with Gasteiger partial charge in [0.15, 0.2) is 0 Å². The number of benzene rings is 1. The van der Waals surface area contributed by atoms with Crippen molar-refractivity contribution in [1.82, 2.24) is 4.90 Å². The van der Waals surface area contributed by atoms with Gasteiger partial charge in [-0.3, -0.25) is 9.69 Å². The lowest BCUT2D eigenvalue weighted by Crippen LogP contribution is -2.43. The van der Waals surface area contributed by atoms with Gasteiger partial charge >= 0.3 is 5.97 Å². The number of furan rings is 1. The van der Waals surface area contributed by atoms with Crippen LogP contribution in [0.2, 0.25) is 0 Å². The van der Waals surface area contributed by atoms with Crippen molar-refractivity contribution in [1.29, 1.82) is 0 Å². The predicted molar refractivity (Wildman–Crippen MR) is 113 cm³/mol. The first-order valence-corrected chi connectivity index (χ1v) is 10.2. The Morgan fingerprint density at radius 1 is 1.41 bits per heavy atom. The van der Waals surface area contributed by atoms with Gasteiger partial charge in [-0.25, -0.2) is 4.79 Å². The van der Waals surface area contributed by atoms with Crippen molar-refractivity contribution in [3.05, 3.63) is 51.0 Å². The monoisotopic (exact) mass is 465 g/mol. The third kappa shape index (κ3) is 4.02. The minimum atomic E-state index is -1.07. The first kappa shape index (κ1) is 19.9. The minimum Gasteiger partial charge on any atom is -0.480 e. The van der Waals surface area contributed by atoms with Crippen molar-refractivity contribution in [3.8, 4) is 11.3 Å². The molecule has 0 unspecified atom stereocenters. The highest BCUT2D eigenvalue weighted by Gasteiger charge is 2.39. The second-order valence-corrected chi connectivity index (χ2v) is 8.53.